The molecule has 1 N–H and O–H groups in total. The molecule has 1 aromatic carbocycles. The Labute approximate surface area is 133 Å². The second kappa shape index (κ2) is 7.04. The topological polar surface area (TPSA) is 62.3 Å². The number of carbonyl (C=O) groups is 2. The average Bonchev–Trinajstić information content (AvgIpc) is 2.51. The van der Waals surface area contributed by atoms with E-state index < -0.39 is 0 Å². The lowest BCUT2D eigenvalue weighted by atomic mass is 10.1. The molecule has 0 spiro atoms. The Hall–Kier alpha value is -2.40. The predicted molar refractivity (Wildman–Crippen MR) is 85.8 cm³/mol. The molecule has 5 nitrogen and oxygen atoms in total. The third-order valence-corrected chi connectivity index (χ3v) is 3.50. The second-order valence-corrected chi connectivity index (χ2v) is 5.23. The van der Waals surface area contributed by atoms with Crippen LogP contribution in [-0.2, 0) is 11.3 Å². The Morgan fingerprint density at radius 3 is 2.64 bits per heavy atom. The fraction of sp³-hybridized carbons (Fsp3) is 0.188. The van der Waals surface area contributed by atoms with Gasteiger partial charge in [-0.2, -0.15) is 0 Å². The Morgan fingerprint density at radius 2 is 2.00 bits per heavy atom. The first-order valence-corrected chi connectivity index (χ1v) is 7.08. The molecule has 6 heteroatoms. The van der Waals surface area contributed by atoms with E-state index in [1.807, 2.05) is 6.07 Å². The van der Waals surface area contributed by atoms with Crippen LogP contribution in [0.5, 0.6) is 0 Å². The molecule has 1 heterocycles. The van der Waals surface area contributed by atoms with E-state index in [0.29, 0.717) is 22.9 Å². The van der Waals surface area contributed by atoms with Gasteiger partial charge in [-0.1, -0.05) is 29.8 Å². The molecule has 0 atom stereocenters. The van der Waals surface area contributed by atoms with Gasteiger partial charge in [0.05, 0.1) is 10.7 Å². The zero-order chi connectivity index (χ0) is 16.1. The summed E-state index contributed by atoms with van der Waals surface area (Å²) >= 11 is 6.19. The molecule has 0 unspecified atom stereocenters. The summed E-state index contributed by atoms with van der Waals surface area (Å²) in [6, 6.07) is 10.4. The van der Waals surface area contributed by atoms with Gasteiger partial charge in [-0.3, -0.25) is 14.6 Å². The number of amides is 2. The third kappa shape index (κ3) is 3.83. The van der Waals surface area contributed by atoms with Gasteiger partial charge in [-0.05, 0) is 23.8 Å². The molecular weight excluding hydrogens is 302 g/mol. The van der Waals surface area contributed by atoms with E-state index in [0.717, 1.165) is 5.56 Å². The lowest BCUT2D eigenvalue weighted by molar-refractivity contribution is -0.128. The molecule has 0 aliphatic rings. The fourth-order valence-electron chi connectivity index (χ4n) is 1.88. The van der Waals surface area contributed by atoms with Crippen molar-refractivity contribution in [3.05, 3.63) is 58.9 Å². The highest BCUT2D eigenvalue weighted by Crippen LogP contribution is 2.27. The molecular formula is C16H16ClN3O2. The van der Waals surface area contributed by atoms with Gasteiger partial charge in [0.2, 0.25) is 5.91 Å². The number of hydrogen-bond donors (Lipinski definition) is 1. The van der Waals surface area contributed by atoms with Crippen LogP contribution in [0, 0.1) is 0 Å². The first-order chi connectivity index (χ1) is 10.5. The van der Waals surface area contributed by atoms with Crippen LogP contribution < -0.4 is 5.32 Å². The van der Waals surface area contributed by atoms with Crippen LogP contribution in [0.1, 0.15) is 23.0 Å². The number of hydrogen-bond acceptors (Lipinski definition) is 3. The maximum Gasteiger partial charge on any atom is 0.274 e. The van der Waals surface area contributed by atoms with Crippen molar-refractivity contribution in [3.8, 4) is 0 Å². The van der Waals surface area contributed by atoms with Crippen LogP contribution in [0.4, 0.5) is 5.69 Å². The molecule has 22 heavy (non-hydrogen) atoms. The van der Waals surface area contributed by atoms with Crippen LogP contribution >= 0.6 is 11.6 Å². The third-order valence-electron chi connectivity index (χ3n) is 3.18. The Kier molecular flexibility index (Phi) is 5.12. The number of pyridine rings is 1. The zero-order valence-corrected chi connectivity index (χ0v) is 13.1. The summed E-state index contributed by atoms with van der Waals surface area (Å²) in [6.07, 6.45) is 1.55. The number of para-hydroxylation sites is 1. The van der Waals surface area contributed by atoms with Crippen molar-refractivity contribution in [2.75, 3.05) is 12.4 Å². The quantitative estimate of drug-likeness (QED) is 0.943. The van der Waals surface area contributed by atoms with E-state index in [-0.39, 0.29) is 11.8 Å². The number of rotatable bonds is 4. The van der Waals surface area contributed by atoms with Gasteiger partial charge in [0.15, 0.2) is 0 Å². The molecule has 1 aromatic heterocycles. The highest BCUT2D eigenvalue weighted by molar-refractivity contribution is 6.34. The van der Waals surface area contributed by atoms with Crippen LogP contribution in [0.3, 0.4) is 0 Å². The molecule has 2 rings (SSSR count). The van der Waals surface area contributed by atoms with E-state index in [1.165, 1.54) is 6.92 Å². The minimum absolute atomic E-state index is 0.0676. The summed E-state index contributed by atoms with van der Waals surface area (Å²) < 4.78 is 0. The summed E-state index contributed by atoms with van der Waals surface area (Å²) in [4.78, 5) is 29.2. The maximum atomic E-state index is 12.2. The van der Waals surface area contributed by atoms with Crippen molar-refractivity contribution >= 4 is 29.1 Å². The second-order valence-electron chi connectivity index (χ2n) is 4.82. The van der Waals surface area contributed by atoms with Gasteiger partial charge in [0, 0.05) is 26.7 Å². The molecule has 0 aliphatic heterocycles. The minimum atomic E-state index is -0.347. The molecule has 2 amide bonds. The lowest BCUT2D eigenvalue weighted by Gasteiger charge is -2.18. The zero-order valence-electron chi connectivity index (χ0n) is 12.3. The number of benzene rings is 1. The summed E-state index contributed by atoms with van der Waals surface area (Å²) in [5.41, 5.74) is 1.55. The minimum Gasteiger partial charge on any atom is -0.342 e. The number of carbonyl (C=O) groups excluding carboxylic acids is 2. The first kappa shape index (κ1) is 16.0. The highest BCUT2D eigenvalue weighted by Gasteiger charge is 2.14. The van der Waals surface area contributed by atoms with Crippen LogP contribution in [0.15, 0.2) is 42.6 Å². The normalized spacial score (nSPS) is 10.1. The molecule has 0 aliphatic carbocycles. The van der Waals surface area contributed by atoms with E-state index in [4.69, 9.17) is 11.6 Å². The summed E-state index contributed by atoms with van der Waals surface area (Å²) in [5, 5.41) is 3.18. The van der Waals surface area contributed by atoms with Gasteiger partial charge in [0.25, 0.3) is 5.91 Å². The molecule has 0 radical (unpaired) electrons. The first-order valence-electron chi connectivity index (χ1n) is 6.70. The average molecular weight is 318 g/mol. The standard InChI is InChI=1S/C16H16ClN3O2/c1-11(21)20(2)10-12-6-5-7-13(17)15(12)19-16(22)14-8-3-4-9-18-14/h3-9H,10H2,1-2H3,(H,19,22). The van der Waals surface area contributed by atoms with Crippen LogP contribution in [0.2, 0.25) is 5.02 Å². The maximum absolute atomic E-state index is 12.2. The van der Waals surface area contributed by atoms with Crippen molar-refractivity contribution in [2.24, 2.45) is 0 Å². The lowest BCUT2D eigenvalue weighted by Crippen LogP contribution is -2.24. The van der Waals surface area contributed by atoms with Crippen molar-refractivity contribution in [1.82, 2.24) is 9.88 Å². The van der Waals surface area contributed by atoms with Crippen molar-refractivity contribution in [2.45, 2.75) is 13.5 Å². The van der Waals surface area contributed by atoms with E-state index in [1.54, 1.807) is 48.5 Å². The SMILES string of the molecule is CC(=O)N(C)Cc1cccc(Cl)c1NC(=O)c1ccccn1. The van der Waals surface area contributed by atoms with Gasteiger partial charge in [-0.15, -0.1) is 0 Å². The molecule has 114 valence electrons. The number of nitrogens with zero attached hydrogens (tertiary/aromatic N) is 2. The number of anilines is 1. The van der Waals surface area contributed by atoms with E-state index >= 15 is 0 Å². The molecule has 0 saturated heterocycles. The monoisotopic (exact) mass is 317 g/mol. The van der Waals surface area contributed by atoms with Gasteiger partial charge >= 0.3 is 0 Å². The predicted octanol–water partition coefficient (Wildman–Crippen LogP) is 2.97. The largest absolute Gasteiger partial charge is 0.342 e. The van der Waals surface area contributed by atoms with E-state index in [9.17, 15) is 9.59 Å². The summed E-state index contributed by atoms with van der Waals surface area (Å²) in [5.74, 6) is -0.414. The fourth-order valence-corrected chi connectivity index (χ4v) is 2.12. The summed E-state index contributed by atoms with van der Waals surface area (Å²) in [7, 11) is 1.69. The van der Waals surface area contributed by atoms with Crippen molar-refractivity contribution in [1.29, 1.82) is 0 Å². The number of aromatic nitrogens is 1. The van der Waals surface area contributed by atoms with Crippen molar-refractivity contribution in [3.63, 3.8) is 0 Å². The molecule has 0 bridgehead atoms. The number of halogens is 1. The van der Waals surface area contributed by atoms with Gasteiger partial charge < -0.3 is 10.2 Å². The smallest absolute Gasteiger partial charge is 0.274 e. The van der Waals surface area contributed by atoms with Gasteiger partial charge in [0.1, 0.15) is 5.69 Å². The van der Waals surface area contributed by atoms with Crippen molar-refractivity contribution < 1.29 is 9.59 Å². The molecule has 0 saturated carbocycles. The highest BCUT2D eigenvalue weighted by atomic mass is 35.5. The molecule has 0 fully saturated rings. The van der Waals surface area contributed by atoms with Crippen LogP contribution in [-0.4, -0.2) is 28.7 Å². The van der Waals surface area contributed by atoms with Gasteiger partial charge in [-0.25, -0.2) is 0 Å². The Morgan fingerprint density at radius 1 is 1.23 bits per heavy atom. The Balaban J connectivity index is 2.26. The van der Waals surface area contributed by atoms with E-state index in [2.05, 4.69) is 10.3 Å². The van der Waals surface area contributed by atoms with Crippen LogP contribution in [0.25, 0.3) is 0 Å². The molecule has 2 aromatic rings. The Bertz CT molecular complexity index is 689. The summed E-state index contributed by atoms with van der Waals surface area (Å²) in [6.45, 7) is 1.84. The number of nitrogens with one attached hydrogen (secondary N) is 1.